The largest absolute Gasteiger partial charge is 0.390 e. The van der Waals surface area contributed by atoms with Crippen LogP contribution in [0.5, 0.6) is 0 Å². The first kappa shape index (κ1) is 23.5. The predicted molar refractivity (Wildman–Crippen MR) is 134 cm³/mol. The first-order chi connectivity index (χ1) is 16.1. The van der Waals surface area contributed by atoms with Gasteiger partial charge >= 0.3 is 0 Å². The van der Waals surface area contributed by atoms with Gasteiger partial charge in [-0.2, -0.15) is 0 Å². The lowest BCUT2D eigenvalue weighted by Gasteiger charge is -2.36. The minimum Gasteiger partial charge on any atom is -0.390 e. The third-order valence-electron chi connectivity index (χ3n) is 8.18. The molecule has 0 saturated heterocycles. The van der Waals surface area contributed by atoms with Gasteiger partial charge in [0, 0.05) is 23.6 Å². The molecule has 1 amide bonds. The summed E-state index contributed by atoms with van der Waals surface area (Å²) >= 11 is 0. The summed E-state index contributed by atoms with van der Waals surface area (Å²) in [5.74, 6) is 3.59. The average Bonchev–Trinajstić information content (AvgIpc) is 3.38. The number of nitrogens with zero attached hydrogens (tertiary/aromatic N) is 3. The molecule has 0 spiro atoms. The van der Waals surface area contributed by atoms with Gasteiger partial charge in [0.15, 0.2) is 0 Å². The summed E-state index contributed by atoms with van der Waals surface area (Å²) in [5.41, 5.74) is 2.19. The molecule has 2 aromatic rings. The fourth-order valence-corrected chi connectivity index (χ4v) is 6.40. The minimum atomic E-state index is -0.881. The molecule has 3 aliphatic rings. The maximum Gasteiger partial charge on any atom is 0.228 e. The van der Waals surface area contributed by atoms with Crippen molar-refractivity contribution < 1.29 is 9.90 Å². The minimum absolute atomic E-state index is 0.0257. The highest BCUT2D eigenvalue weighted by Gasteiger charge is 2.49. The molecule has 6 heteroatoms. The van der Waals surface area contributed by atoms with Gasteiger partial charge in [-0.05, 0) is 89.2 Å². The molecule has 0 radical (unpaired) electrons. The van der Waals surface area contributed by atoms with Crippen LogP contribution in [-0.2, 0) is 4.79 Å². The molecule has 3 aliphatic carbocycles. The van der Waals surface area contributed by atoms with Gasteiger partial charge in [0.05, 0.1) is 11.5 Å². The Balaban J connectivity index is 1.39. The van der Waals surface area contributed by atoms with Crippen LogP contribution in [0.4, 0.5) is 5.69 Å². The number of hydrogen-bond acceptors (Lipinski definition) is 4. The SMILES string of the molecule is Cc1ccc(NC(=O)[C@H]2CC(C)(O)C[C@@H]2c2nnc(C3CC(CC(C)C)C3)n2C2CC2)c(C)c1. The van der Waals surface area contributed by atoms with Crippen LogP contribution in [0.1, 0.15) is 106 Å². The summed E-state index contributed by atoms with van der Waals surface area (Å²) in [6.07, 6.45) is 6.98. The second-order valence-electron chi connectivity index (χ2n) is 12.1. The van der Waals surface area contributed by atoms with E-state index in [4.69, 9.17) is 10.2 Å². The molecule has 1 aromatic heterocycles. The van der Waals surface area contributed by atoms with Crippen LogP contribution in [0.25, 0.3) is 0 Å². The molecule has 184 valence electrons. The van der Waals surface area contributed by atoms with Crippen LogP contribution in [0.3, 0.4) is 0 Å². The van der Waals surface area contributed by atoms with Crippen LogP contribution in [0.2, 0.25) is 0 Å². The molecule has 3 fully saturated rings. The van der Waals surface area contributed by atoms with Gasteiger partial charge in [0.1, 0.15) is 11.6 Å². The maximum absolute atomic E-state index is 13.5. The number of rotatable bonds is 7. The van der Waals surface area contributed by atoms with E-state index in [0.29, 0.717) is 24.8 Å². The fraction of sp³-hybridized carbons (Fsp3) is 0.679. The molecule has 5 rings (SSSR count). The Morgan fingerprint density at radius 1 is 1.18 bits per heavy atom. The molecule has 2 N–H and O–H groups in total. The highest BCUT2D eigenvalue weighted by molar-refractivity contribution is 5.94. The smallest absolute Gasteiger partial charge is 0.228 e. The zero-order chi connectivity index (χ0) is 24.2. The summed E-state index contributed by atoms with van der Waals surface area (Å²) < 4.78 is 2.37. The van der Waals surface area contributed by atoms with E-state index in [9.17, 15) is 9.90 Å². The molecule has 6 nitrogen and oxygen atoms in total. The Morgan fingerprint density at radius 3 is 2.53 bits per heavy atom. The van der Waals surface area contributed by atoms with E-state index in [1.165, 1.54) is 24.8 Å². The van der Waals surface area contributed by atoms with E-state index in [0.717, 1.165) is 47.6 Å². The van der Waals surface area contributed by atoms with Crippen molar-refractivity contribution in [3.8, 4) is 0 Å². The van der Waals surface area contributed by atoms with Crippen molar-refractivity contribution in [1.29, 1.82) is 0 Å². The third kappa shape index (κ3) is 4.66. The fourth-order valence-electron chi connectivity index (χ4n) is 6.40. The quantitative estimate of drug-likeness (QED) is 0.555. The Bertz CT molecular complexity index is 1060. The molecular formula is C28H40N4O2. The third-order valence-corrected chi connectivity index (χ3v) is 8.18. The van der Waals surface area contributed by atoms with Gasteiger partial charge in [-0.25, -0.2) is 0 Å². The first-order valence-corrected chi connectivity index (χ1v) is 13.2. The van der Waals surface area contributed by atoms with Crippen LogP contribution in [0, 0.1) is 31.6 Å². The maximum atomic E-state index is 13.5. The van der Waals surface area contributed by atoms with Crippen molar-refractivity contribution in [3.05, 3.63) is 41.0 Å². The number of carbonyl (C=O) groups excluding carboxylic acids is 1. The first-order valence-electron chi connectivity index (χ1n) is 13.2. The average molecular weight is 465 g/mol. The molecule has 1 unspecified atom stereocenters. The van der Waals surface area contributed by atoms with Crippen molar-refractivity contribution in [2.24, 2.45) is 17.8 Å². The normalized spacial score (nSPS) is 31.0. The Hall–Kier alpha value is -2.21. The number of amides is 1. The number of aryl methyl sites for hydroxylation is 2. The van der Waals surface area contributed by atoms with Crippen LogP contribution >= 0.6 is 0 Å². The standard InChI is InChI=1S/C28H40N4O2/c1-16(2)10-19-12-20(13-19)25-30-31-26(32(25)21-7-8-21)22-14-28(5,34)15-23(22)27(33)29-24-9-6-17(3)11-18(24)4/h6,9,11,16,19-23,34H,7-8,10,12-15H2,1-5H3,(H,29,33)/t19?,20?,22-,23-,28?/m0/s1. The topological polar surface area (TPSA) is 80.0 Å². The molecule has 1 heterocycles. The molecular weight excluding hydrogens is 424 g/mol. The van der Waals surface area contributed by atoms with Gasteiger partial charge in [-0.3, -0.25) is 4.79 Å². The van der Waals surface area contributed by atoms with Crippen LogP contribution in [-0.4, -0.2) is 31.4 Å². The van der Waals surface area contributed by atoms with Crippen molar-refractivity contribution in [3.63, 3.8) is 0 Å². The van der Waals surface area contributed by atoms with Gasteiger partial charge in [-0.15, -0.1) is 10.2 Å². The number of aliphatic hydroxyl groups is 1. The zero-order valence-electron chi connectivity index (χ0n) is 21.3. The summed E-state index contributed by atoms with van der Waals surface area (Å²) in [6.45, 7) is 10.5. The van der Waals surface area contributed by atoms with Gasteiger partial charge in [0.25, 0.3) is 0 Å². The molecule has 0 bridgehead atoms. The number of hydrogen-bond donors (Lipinski definition) is 2. The molecule has 3 saturated carbocycles. The summed E-state index contributed by atoms with van der Waals surface area (Å²) in [4.78, 5) is 13.5. The second-order valence-corrected chi connectivity index (χ2v) is 12.1. The molecule has 34 heavy (non-hydrogen) atoms. The van der Waals surface area contributed by atoms with Crippen LogP contribution < -0.4 is 5.32 Å². The van der Waals surface area contributed by atoms with E-state index in [1.807, 2.05) is 26.0 Å². The number of carbonyl (C=O) groups is 1. The highest BCUT2D eigenvalue weighted by atomic mass is 16.3. The molecule has 1 aromatic carbocycles. The monoisotopic (exact) mass is 464 g/mol. The van der Waals surface area contributed by atoms with Crippen molar-refractivity contribution in [2.75, 3.05) is 5.32 Å². The van der Waals surface area contributed by atoms with Gasteiger partial charge < -0.3 is 15.0 Å². The predicted octanol–water partition coefficient (Wildman–Crippen LogP) is 5.65. The van der Waals surface area contributed by atoms with E-state index < -0.39 is 5.60 Å². The number of benzene rings is 1. The van der Waals surface area contributed by atoms with Crippen molar-refractivity contribution >= 4 is 11.6 Å². The summed E-state index contributed by atoms with van der Waals surface area (Å²) in [6, 6.07) is 6.53. The molecule has 0 aliphatic heterocycles. The van der Waals surface area contributed by atoms with Crippen molar-refractivity contribution in [1.82, 2.24) is 14.8 Å². The lowest BCUT2D eigenvalue weighted by molar-refractivity contribution is -0.120. The summed E-state index contributed by atoms with van der Waals surface area (Å²) in [5, 5.41) is 23.6. The summed E-state index contributed by atoms with van der Waals surface area (Å²) in [7, 11) is 0. The number of anilines is 1. The Kier molecular flexibility index (Phi) is 6.07. The van der Waals surface area contributed by atoms with E-state index in [-0.39, 0.29) is 17.7 Å². The van der Waals surface area contributed by atoms with E-state index >= 15 is 0 Å². The van der Waals surface area contributed by atoms with Gasteiger partial charge in [-0.1, -0.05) is 31.5 Å². The lowest BCUT2D eigenvalue weighted by atomic mass is 9.71. The van der Waals surface area contributed by atoms with Crippen molar-refractivity contribution in [2.45, 2.75) is 103 Å². The molecule has 3 atom stereocenters. The van der Waals surface area contributed by atoms with Gasteiger partial charge in [0.2, 0.25) is 5.91 Å². The second kappa shape index (κ2) is 8.78. The number of aromatic nitrogens is 3. The van der Waals surface area contributed by atoms with Crippen LogP contribution in [0.15, 0.2) is 18.2 Å². The highest BCUT2D eigenvalue weighted by Crippen LogP contribution is 2.51. The lowest BCUT2D eigenvalue weighted by Crippen LogP contribution is -2.28. The Morgan fingerprint density at radius 2 is 1.88 bits per heavy atom. The van der Waals surface area contributed by atoms with E-state index in [1.54, 1.807) is 0 Å². The zero-order valence-corrected chi connectivity index (χ0v) is 21.3. The Labute approximate surface area is 203 Å². The van der Waals surface area contributed by atoms with E-state index in [2.05, 4.69) is 36.7 Å². The number of nitrogens with one attached hydrogen (secondary N) is 1.